The van der Waals surface area contributed by atoms with Crippen LogP contribution in [0, 0.1) is 0 Å². The maximum absolute atomic E-state index is 11.6. The van der Waals surface area contributed by atoms with E-state index in [1.54, 1.807) is 6.20 Å². The zero-order chi connectivity index (χ0) is 13.8. The zero-order valence-corrected chi connectivity index (χ0v) is 10.9. The second-order valence-electron chi connectivity index (χ2n) is 4.60. The molecule has 1 unspecified atom stereocenters. The van der Waals surface area contributed by atoms with E-state index in [0.717, 1.165) is 12.2 Å². The number of carbonyl (C=O) groups is 1. The second-order valence-corrected chi connectivity index (χ2v) is 4.60. The minimum atomic E-state index is -0.299. The van der Waals surface area contributed by atoms with Gasteiger partial charge in [-0.1, -0.05) is 11.2 Å². The van der Waals surface area contributed by atoms with Crippen molar-refractivity contribution in [1.82, 2.24) is 25.8 Å². The number of pyridine rings is 1. The lowest BCUT2D eigenvalue weighted by Crippen LogP contribution is -2.53. The van der Waals surface area contributed by atoms with Crippen molar-refractivity contribution in [2.75, 3.05) is 13.1 Å². The van der Waals surface area contributed by atoms with Crippen LogP contribution in [-0.4, -0.2) is 40.2 Å². The number of carbonyl (C=O) groups excluding carboxylic acids is 1. The SMILES string of the molecule is O=C1NCCNC1Cc1nc(Cc2ccccn2)no1. The number of piperazine rings is 1. The summed E-state index contributed by atoms with van der Waals surface area (Å²) in [6.07, 6.45) is 2.66. The van der Waals surface area contributed by atoms with Gasteiger partial charge < -0.3 is 15.2 Å². The molecular weight excluding hydrogens is 258 g/mol. The number of aromatic nitrogens is 3. The third-order valence-electron chi connectivity index (χ3n) is 3.09. The molecule has 0 saturated carbocycles. The highest BCUT2D eigenvalue weighted by atomic mass is 16.5. The first kappa shape index (κ1) is 12.7. The summed E-state index contributed by atoms with van der Waals surface area (Å²) in [5, 5.41) is 9.84. The Bertz CT molecular complexity index is 583. The third-order valence-corrected chi connectivity index (χ3v) is 3.09. The van der Waals surface area contributed by atoms with Gasteiger partial charge in [0.2, 0.25) is 11.8 Å². The van der Waals surface area contributed by atoms with Crippen molar-refractivity contribution in [3.05, 3.63) is 41.8 Å². The highest BCUT2D eigenvalue weighted by molar-refractivity contribution is 5.82. The normalized spacial score (nSPS) is 18.8. The molecule has 0 aliphatic carbocycles. The van der Waals surface area contributed by atoms with E-state index >= 15 is 0 Å². The molecule has 2 aromatic rings. The second kappa shape index (κ2) is 5.79. The maximum Gasteiger partial charge on any atom is 0.237 e. The van der Waals surface area contributed by atoms with Crippen LogP contribution < -0.4 is 10.6 Å². The molecule has 20 heavy (non-hydrogen) atoms. The molecule has 0 bridgehead atoms. The van der Waals surface area contributed by atoms with Crippen LogP contribution in [0.4, 0.5) is 0 Å². The standard InChI is InChI=1S/C13H15N5O2/c19-13-10(15-5-6-16-13)8-12-17-11(18-20-12)7-9-3-1-2-4-14-9/h1-4,10,15H,5-8H2,(H,16,19). The van der Waals surface area contributed by atoms with Crippen LogP contribution in [-0.2, 0) is 17.6 Å². The molecular formula is C13H15N5O2. The average Bonchev–Trinajstić information content (AvgIpc) is 2.90. The Morgan fingerprint density at radius 2 is 2.30 bits per heavy atom. The molecule has 1 aliphatic rings. The molecule has 2 aromatic heterocycles. The molecule has 1 amide bonds. The molecule has 104 valence electrons. The molecule has 3 rings (SSSR count). The predicted molar refractivity (Wildman–Crippen MR) is 69.8 cm³/mol. The van der Waals surface area contributed by atoms with Crippen LogP contribution >= 0.6 is 0 Å². The lowest BCUT2D eigenvalue weighted by molar-refractivity contribution is -0.124. The van der Waals surface area contributed by atoms with E-state index in [-0.39, 0.29) is 11.9 Å². The minimum Gasteiger partial charge on any atom is -0.353 e. The van der Waals surface area contributed by atoms with Gasteiger partial charge in [0.15, 0.2) is 5.82 Å². The summed E-state index contributed by atoms with van der Waals surface area (Å²) in [5.74, 6) is 1.01. The number of nitrogens with zero attached hydrogens (tertiary/aromatic N) is 3. The average molecular weight is 273 g/mol. The largest absolute Gasteiger partial charge is 0.353 e. The van der Waals surface area contributed by atoms with E-state index in [1.807, 2.05) is 18.2 Å². The fourth-order valence-electron chi connectivity index (χ4n) is 2.10. The Morgan fingerprint density at radius 1 is 1.35 bits per heavy atom. The van der Waals surface area contributed by atoms with Gasteiger partial charge in [0.25, 0.3) is 0 Å². The Kier molecular flexibility index (Phi) is 3.69. The smallest absolute Gasteiger partial charge is 0.237 e. The first-order chi connectivity index (χ1) is 9.81. The van der Waals surface area contributed by atoms with Gasteiger partial charge in [0, 0.05) is 25.0 Å². The van der Waals surface area contributed by atoms with Crippen LogP contribution in [0.1, 0.15) is 17.4 Å². The molecule has 7 nitrogen and oxygen atoms in total. The van der Waals surface area contributed by atoms with Gasteiger partial charge in [-0.05, 0) is 12.1 Å². The first-order valence-electron chi connectivity index (χ1n) is 6.54. The Labute approximate surface area is 115 Å². The van der Waals surface area contributed by atoms with E-state index in [4.69, 9.17) is 4.52 Å². The fraction of sp³-hybridized carbons (Fsp3) is 0.385. The summed E-state index contributed by atoms with van der Waals surface area (Å²) >= 11 is 0. The van der Waals surface area contributed by atoms with E-state index in [2.05, 4.69) is 25.8 Å². The highest BCUT2D eigenvalue weighted by Crippen LogP contribution is 2.07. The number of hydrogen-bond acceptors (Lipinski definition) is 6. The first-order valence-corrected chi connectivity index (χ1v) is 6.54. The number of amides is 1. The molecule has 1 atom stereocenters. The summed E-state index contributed by atoms with van der Waals surface area (Å²) < 4.78 is 5.18. The summed E-state index contributed by atoms with van der Waals surface area (Å²) in [6, 6.07) is 5.39. The zero-order valence-electron chi connectivity index (χ0n) is 10.9. The fourth-order valence-corrected chi connectivity index (χ4v) is 2.10. The van der Waals surface area contributed by atoms with E-state index < -0.39 is 0 Å². The third kappa shape index (κ3) is 3.00. The molecule has 0 spiro atoms. The van der Waals surface area contributed by atoms with Crippen molar-refractivity contribution < 1.29 is 9.32 Å². The number of nitrogens with one attached hydrogen (secondary N) is 2. The van der Waals surface area contributed by atoms with Crippen molar-refractivity contribution >= 4 is 5.91 Å². The van der Waals surface area contributed by atoms with E-state index in [1.165, 1.54) is 0 Å². The lowest BCUT2D eigenvalue weighted by atomic mass is 10.1. The van der Waals surface area contributed by atoms with Crippen LogP contribution in [0.3, 0.4) is 0 Å². The summed E-state index contributed by atoms with van der Waals surface area (Å²) in [6.45, 7) is 1.41. The lowest BCUT2D eigenvalue weighted by Gasteiger charge is -2.21. The Balaban J connectivity index is 1.63. The predicted octanol–water partition coefficient (Wildman–Crippen LogP) is -0.314. The molecule has 0 radical (unpaired) electrons. The summed E-state index contributed by atoms with van der Waals surface area (Å²) in [4.78, 5) is 20.1. The van der Waals surface area contributed by atoms with E-state index in [9.17, 15) is 4.79 Å². The van der Waals surface area contributed by atoms with Gasteiger partial charge in [-0.15, -0.1) is 0 Å². The summed E-state index contributed by atoms with van der Waals surface area (Å²) in [7, 11) is 0. The van der Waals surface area contributed by atoms with Crippen LogP contribution in [0.25, 0.3) is 0 Å². The molecule has 7 heteroatoms. The monoisotopic (exact) mass is 273 g/mol. The molecule has 1 aliphatic heterocycles. The van der Waals surface area contributed by atoms with E-state index in [0.29, 0.717) is 31.1 Å². The molecule has 3 heterocycles. The van der Waals surface area contributed by atoms with Crippen LogP contribution in [0.5, 0.6) is 0 Å². The highest BCUT2D eigenvalue weighted by Gasteiger charge is 2.24. The Hall–Kier alpha value is -2.28. The molecule has 1 saturated heterocycles. The van der Waals surface area contributed by atoms with Gasteiger partial charge in [-0.2, -0.15) is 4.98 Å². The van der Waals surface area contributed by atoms with Gasteiger partial charge >= 0.3 is 0 Å². The molecule has 0 aromatic carbocycles. The van der Waals surface area contributed by atoms with Crippen molar-refractivity contribution in [3.8, 4) is 0 Å². The van der Waals surface area contributed by atoms with Gasteiger partial charge in [-0.25, -0.2) is 0 Å². The van der Waals surface area contributed by atoms with Crippen LogP contribution in [0.15, 0.2) is 28.9 Å². The Morgan fingerprint density at radius 3 is 3.10 bits per heavy atom. The summed E-state index contributed by atoms with van der Waals surface area (Å²) in [5.41, 5.74) is 0.883. The number of rotatable bonds is 4. The quantitative estimate of drug-likeness (QED) is 0.793. The maximum atomic E-state index is 11.6. The van der Waals surface area contributed by atoms with Gasteiger partial charge in [0.1, 0.15) is 0 Å². The van der Waals surface area contributed by atoms with Crippen LogP contribution in [0.2, 0.25) is 0 Å². The van der Waals surface area contributed by atoms with Gasteiger partial charge in [-0.3, -0.25) is 9.78 Å². The van der Waals surface area contributed by atoms with Crippen molar-refractivity contribution in [3.63, 3.8) is 0 Å². The van der Waals surface area contributed by atoms with Crippen molar-refractivity contribution in [2.24, 2.45) is 0 Å². The number of hydrogen-bond donors (Lipinski definition) is 2. The van der Waals surface area contributed by atoms with Gasteiger partial charge in [0.05, 0.1) is 18.9 Å². The van der Waals surface area contributed by atoms with Crippen molar-refractivity contribution in [2.45, 2.75) is 18.9 Å². The van der Waals surface area contributed by atoms with Crippen molar-refractivity contribution in [1.29, 1.82) is 0 Å². The minimum absolute atomic E-state index is 0.0271. The molecule has 1 fully saturated rings. The topological polar surface area (TPSA) is 92.9 Å². The molecule has 2 N–H and O–H groups in total.